The van der Waals surface area contributed by atoms with E-state index in [1.165, 1.54) is 5.56 Å². The summed E-state index contributed by atoms with van der Waals surface area (Å²) >= 11 is 2.21. The normalized spacial score (nSPS) is 17.9. The van der Waals surface area contributed by atoms with Crippen molar-refractivity contribution in [2.45, 2.75) is 50.9 Å². The minimum atomic E-state index is -0.386. The van der Waals surface area contributed by atoms with Gasteiger partial charge in [-0.15, -0.1) is 6.42 Å². The summed E-state index contributed by atoms with van der Waals surface area (Å²) in [5.74, 6) is 3.53. The predicted molar refractivity (Wildman–Crippen MR) is 151 cm³/mol. The first-order valence-corrected chi connectivity index (χ1v) is 13.9. The smallest absolute Gasteiger partial charge is 0.175 e. The molecule has 2 aromatic rings. The van der Waals surface area contributed by atoms with Crippen LogP contribution in [0.5, 0.6) is 11.5 Å². The molecule has 0 saturated carbocycles. The van der Waals surface area contributed by atoms with Crippen LogP contribution in [0.4, 0.5) is 0 Å². The van der Waals surface area contributed by atoms with Crippen LogP contribution in [0, 0.1) is 15.9 Å². The molecule has 2 aromatic carbocycles. The highest BCUT2D eigenvalue weighted by atomic mass is 127. The van der Waals surface area contributed by atoms with Gasteiger partial charge in [0.15, 0.2) is 23.1 Å². The third-order valence-electron chi connectivity index (χ3n) is 7.44. The lowest BCUT2D eigenvalue weighted by molar-refractivity contribution is -0.117. The number of benzene rings is 2. The van der Waals surface area contributed by atoms with Gasteiger partial charge in [-0.2, -0.15) is 0 Å². The quantitative estimate of drug-likeness (QED) is 0.287. The molecule has 1 aliphatic heterocycles. The summed E-state index contributed by atoms with van der Waals surface area (Å²) < 4.78 is 12.3. The molecule has 0 unspecified atom stereocenters. The van der Waals surface area contributed by atoms with Crippen LogP contribution in [0.25, 0.3) is 0 Å². The van der Waals surface area contributed by atoms with E-state index in [0.29, 0.717) is 24.3 Å². The number of Topliss-reactive ketones (excluding diaryl/α,β-unsaturated/α-hetero) is 2. The number of hydrogen-bond donors (Lipinski definition) is 0. The second-order valence-corrected chi connectivity index (χ2v) is 10.8. The van der Waals surface area contributed by atoms with Gasteiger partial charge in [-0.05, 0) is 78.0 Å². The summed E-state index contributed by atoms with van der Waals surface area (Å²) in [6, 6.07) is 14.3. The average molecular weight is 607 g/mol. The Kier molecular flexibility index (Phi) is 7.71. The largest absolute Gasteiger partial charge is 0.493 e. The molecule has 0 atom stereocenters. The molecule has 5 nitrogen and oxygen atoms in total. The van der Waals surface area contributed by atoms with Gasteiger partial charge in [0.05, 0.1) is 10.7 Å². The van der Waals surface area contributed by atoms with Gasteiger partial charge in [-0.3, -0.25) is 9.59 Å². The molecule has 0 fully saturated rings. The predicted octanol–water partition coefficient (Wildman–Crippen LogP) is 5.97. The Morgan fingerprint density at radius 3 is 2.24 bits per heavy atom. The fourth-order valence-corrected chi connectivity index (χ4v) is 6.65. The Hall–Kier alpha value is -3.05. The maximum absolute atomic E-state index is 13.6. The van der Waals surface area contributed by atoms with Gasteiger partial charge in [0, 0.05) is 47.8 Å². The second kappa shape index (κ2) is 11.1. The van der Waals surface area contributed by atoms with Crippen LogP contribution >= 0.6 is 22.6 Å². The molecule has 0 amide bonds. The Morgan fingerprint density at radius 1 is 1.00 bits per heavy atom. The van der Waals surface area contributed by atoms with Crippen molar-refractivity contribution in [2.24, 2.45) is 0 Å². The van der Waals surface area contributed by atoms with Gasteiger partial charge in [0.25, 0.3) is 0 Å². The highest BCUT2D eigenvalue weighted by Crippen LogP contribution is 2.50. The minimum Gasteiger partial charge on any atom is -0.493 e. The van der Waals surface area contributed by atoms with E-state index >= 15 is 0 Å². The molecular formula is C31H30INO4. The van der Waals surface area contributed by atoms with E-state index in [-0.39, 0.29) is 24.1 Å². The minimum absolute atomic E-state index is 0.132. The number of halogens is 1. The summed E-state index contributed by atoms with van der Waals surface area (Å²) in [4.78, 5) is 29.4. The van der Waals surface area contributed by atoms with Crippen molar-refractivity contribution in [3.05, 3.63) is 79.7 Å². The molecule has 37 heavy (non-hydrogen) atoms. The lowest BCUT2D eigenvalue weighted by atomic mass is 9.71. The molecule has 1 heterocycles. The summed E-state index contributed by atoms with van der Waals surface area (Å²) in [5.41, 5.74) is 5.88. The zero-order valence-corrected chi connectivity index (χ0v) is 23.2. The molecule has 190 valence electrons. The van der Waals surface area contributed by atoms with Crippen LogP contribution in [0.2, 0.25) is 0 Å². The van der Waals surface area contributed by atoms with Crippen molar-refractivity contribution >= 4 is 34.2 Å². The van der Waals surface area contributed by atoms with E-state index in [1.807, 2.05) is 18.2 Å². The van der Waals surface area contributed by atoms with Crippen molar-refractivity contribution < 1.29 is 19.1 Å². The van der Waals surface area contributed by atoms with Crippen LogP contribution in [0.15, 0.2) is 65.0 Å². The Morgan fingerprint density at radius 2 is 1.65 bits per heavy atom. The molecule has 0 aromatic heterocycles. The number of methoxy groups -OCH3 is 1. The number of ether oxygens (including phenoxy) is 2. The number of carbonyl (C=O) groups excluding carboxylic acids is 2. The lowest BCUT2D eigenvalue weighted by Crippen LogP contribution is -2.40. The van der Waals surface area contributed by atoms with Gasteiger partial charge in [-0.25, -0.2) is 0 Å². The molecule has 0 N–H and O–H groups in total. The number of carbonyl (C=O) groups is 2. The SMILES string of the molecule is C#CCOc1c(I)cc(C2C3=C(CCCC3=O)N(CCc3ccccc3)C3=C2C(=O)CCC3)cc1OC. The average Bonchev–Trinajstić information content (AvgIpc) is 2.91. The molecule has 0 bridgehead atoms. The molecule has 0 spiro atoms. The first-order chi connectivity index (χ1) is 18.0. The molecule has 6 heteroatoms. The lowest BCUT2D eigenvalue weighted by Gasteiger charge is -2.44. The van der Waals surface area contributed by atoms with E-state index in [9.17, 15) is 9.59 Å². The zero-order valence-electron chi connectivity index (χ0n) is 21.0. The van der Waals surface area contributed by atoms with Gasteiger partial charge < -0.3 is 14.4 Å². The van der Waals surface area contributed by atoms with Crippen molar-refractivity contribution in [1.82, 2.24) is 4.90 Å². The van der Waals surface area contributed by atoms with Gasteiger partial charge in [0.1, 0.15) is 6.61 Å². The van der Waals surface area contributed by atoms with Crippen LogP contribution < -0.4 is 9.47 Å². The third-order valence-corrected chi connectivity index (χ3v) is 8.24. The van der Waals surface area contributed by atoms with Gasteiger partial charge >= 0.3 is 0 Å². The molecular weight excluding hydrogens is 577 g/mol. The Bertz CT molecular complexity index is 1290. The number of rotatable bonds is 7. The van der Waals surface area contributed by atoms with E-state index in [2.05, 4.69) is 57.7 Å². The summed E-state index contributed by atoms with van der Waals surface area (Å²) in [6.07, 6.45) is 10.6. The molecule has 0 saturated heterocycles. The highest BCUT2D eigenvalue weighted by Gasteiger charge is 2.43. The molecule has 3 aliphatic rings. The maximum Gasteiger partial charge on any atom is 0.175 e. The molecule has 5 rings (SSSR count). The van der Waals surface area contributed by atoms with Crippen LogP contribution in [0.1, 0.15) is 55.6 Å². The van der Waals surface area contributed by atoms with Crippen LogP contribution in [0.3, 0.4) is 0 Å². The van der Waals surface area contributed by atoms with Gasteiger partial charge in [0.2, 0.25) is 0 Å². The molecule has 0 radical (unpaired) electrons. The second-order valence-electron chi connectivity index (χ2n) is 9.62. The van der Waals surface area contributed by atoms with Crippen molar-refractivity contribution in [3.8, 4) is 23.8 Å². The fourth-order valence-electron chi connectivity index (χ4n) is 5.87. The monoisotopic (exact) mass is 607 g/mol. The number of hydrogen-bond acceptors (Lipinski definition) is 5. The highest BCUT2D eigenvalue weighted by molar-refractivity contribution is 14.1. The first-order valence-electron chi connectivity index (χ1n) is 12.8. The van der Waals surface area contributed by atoms with Crippen LogP contribution in [-0.4, -0.2) is 36.7 Å². The topological polar surface area (TPSA) is 55.8 Å². The summed E-state index contributed by atoms with van der Waals surface area (Å²) in [6.45, 7) is 0.891. The number of terminal acetylenes is 1. The summed E-state index contributed by atoms with van der Waals surface area (Å²) in [7, 11) is 1.59. The first kappa shape index (κ1) is 25.6. The van der Waals surface area contributed by atoms with Crippen LogP contribution in [-0.2, 0) is 16.0 Å². The number of ketones is 2. The summed E-state index contributed by atoms with van der Waals surface area (Å²) in [5, 5.41) is 0. The van der Waals surface area contributed by atoms with Crippen molar-refractivity contribution in [2.75, 3.05) is 20.3 Å². The molecule has 2 aliphatic carbocycles. The third kappa shape index (κ3) is 4.94. The Balaban J connectivity index is 1.64. The maximum atomic E-state index is 13.6. The Labute approximate surface area is 232 Å². The van der Waals surface area contributed by atoms with E-state index in [1.54, 1.807) is 7.11 Å². The number of nitrogens with zero attached hydrogens (tertiary/aromatic N) is 1. The van der Waals surface area contributed by atoms with E-state index in [4.69, 9.17) is 15.9 Å². The van der Waals surface area contributed by atoms with Crippen molar-refractivity contribution in [3.63, 3.8) is 0 Å². The zero-order chi connectivity index (χ0) is 25.9. The van der Waals surface area contributed by atoms with Crippen molar-refractivity contribution in [1.29, 1.82) is 0 Å². The van der Waals surface area contributed by atoms with Gasteiger partial charge in [-0.1, -0.05) is 36.3 Å². The number of allylic oxidation sites excluding steroid dienone is 4. The standard InChI is InChI=1S/C31H30INO4/c1-3-17-37-31-22(32)18-21(19-27(31)36-2)28-29-23(11-7-13-25(29)34)33(16-15-20-9-5-4-6-10-20)24-12-8-14-26(35)30(24)28/h1,4-6,9-10,18-19,28H,7-8,11-17H2,2H3. The van der Waals surface area contributed by atoms with E-state index in [0.717, 1.165) is 70.3 Å². The fraction of sp³-hybridized carbons (Fsp3) is 0.355. The van der Waals surface area contributed by atoms with E-state index < -0.39 is 0 Å².